The van der Waals surface area contributed by atoms with E-state index < -0.39 is 0 Å². The van der Waals surface area contributed by atoms with Crippen molar-refractivity contribution in [3.63, 3.8) is 0 Å². The van der Waals surface area contributed by atoms with Gasteiger partial charge in [-0.05, 0) is 40.8 Å². The molecule has 3 heterocycles. The minimum atomic E-state index is 0.341. The van der Waals surface area contributed by atoms with Gasteiger partial charge in [-0.2, -0.15) is 0 Å². The van der Waals surface area contributed by atoms with Crippen molar-refractivity contribution in [1.29, 1.82) is 0 Å². The van der Waals surface area contributed by atoms with Gasteiger partial charge < -0.3 is 9.47 Å². The van der Waals surface area contributed by atoms with E-state index >= 15 is 0 Å². The first-order valence-corrected chi connectivity index (χ1v) is 14.9. The third kappa shape index (κ3) is 4.50. The van der Waals surface area contributed by atoms with Gasteiger partial charge in [0.15, 0.2) is 29.0 Å². The van der Waals surface area contributed by atoms with Gasteiger partial charge in [-0.3, -0.25) is 0 Å². The van der Waals surface area contributed by atoms with Crippen LogP contribution in [-0.2, 0) is 0 Å². The smallest absolute Gasteiger partial charge is 0.284 e. The minimum absolute atomic E-state index is 0.341. The third-order valence-corrected chi connectivity index (χ3v) is 8.01. The monoisotopic (exact) mass is 593 g/mol. The van der Waals surface area contributed by atoms with E-state index in [1.165, 1.54) is 0 Å². The lowest BCUT2D eigenvalue weighted by Crippen LogP contribution is -2.03. The molecule has 9 rings (SSSR count). The van der Waals surface area contributed by atoms with Gasteiger partial charge in [0, 0.05) is 22.1 Å². The van der Waals surface area contributed by atoms with Crippen LogP contribution >= 0.6 is 0 Å². The highest BCUT2D eigenvalue weighted by Gasteiger charge is 2.23. The molecule has 0 fully saturated rings. The molecule has 0 saturated heterocycles. The summed E-state index contributed by atoms with van der Waals surface area (Å²) in [4.78, 5) is 24.5. The van der Waals surface area contributed by atoms with Gasteiger partial charge in [0.05, 0.1) is 5.52 Å². The topological polar surface area (TPSA) is 82.9 Å². The predicted molar refractivity (Wildman–Crippen MR) is 179 cm³/mol. The zero-order chi connectivity index (χ0) is 30.5. The molecule has 46 heavy (non-hydrogen) atoms. The number of ether oxygens (including phenoxy) is 2. The molecule has 0 radical (unpaired) electrons. The van der Waals surface area contributed by atoms with Crippen molar-refractivity contribution in [3.8, 4) is 68.5 Å². The number of fused-ring (bicyclic) bond motifs is 5. The Morgan fingerprint density at radius 2 is 0.870 bits per heavy atom. The van der Waals surface area contributed by atoms with Crippen molar-refractivity contribution in [1.82, 2.24) is 24.9 Å². The van der Waals surface area contributed by atoms with E-state index in [4.69, 9.17) is 34.4 Å². The number of rotatable bonds is 4. The molecule has 6 aromatic carbocycles. The van der Waals surface area contributed by atoms with Crippen LogP contribution in [0.15, 0.2) is 140 Å². The Morgan fingerprint density at radius 3 is 1.52 bits per heavy atom. The maximum Gasteiger partial charge on any atom is 0.284 e. The fourth-order valence-corrected chi connectivity index (χ4v) is 5.82. The lowest BCUT2D eigenvalue weighted by Gasteiger charge is -2.19. The van der Waals surface area contributed by atoms with Crippen LogP contribution in [0.2, 0.25) is 0 Å². The number of nitrogens with zero attached hydrogens (tertiary/aromatic N) is 5. The molecular weight excluding hydrogens is 570 g/mol. The van der Waals surface area contributed by atoms with E-state index in [0.29, 0.717) is 46.2 Å². The van der Waals surface area contributed by atoms with Gasteiger partial charge in [-0.25, -0.2) is 24.9 Å². The summed E-state index contributed by atoms with van der Waals surface area (Å²) in [6.45, 7) is 0. The molecule has 216 valence electrons. The molecule has 2 aromatic heterocycles. The standard InChI is InChI=1S/C39H23N5O2/c1-3-12-24(13-4-1)35-42-36(25-14-5-2-6-15-25)44-37(43-35)27-17-11-16-26(22-27)30-23-31-34(29-19-8-7-18-28(29)30)41-39-38(40-31)45-32-20-9-10-21-33(32)46-39/h1-23H. The van der Waals surface area contributed by atoms with E-state index in [2.05, 4.69) is 30.3 Å². The maximum atomic E-state index is 6.09. The lowest BCUT2D eigenvalue weighted by molar-refractivity contribution is 0.339. The van der Waals surface area contributed by atoms with Gasteiger partial charge in [0.25, 0.3) is 11.8 Å². The Morgan fingerprint density at radius 1 is 0.370 bits per heavy atom. The van der Waals surface area contributed by atoms with E-state index in [9.17, 15) is 0 Å². The first-order chi connectivity index (χ1) is 22.8. The van der Waals surface area contributed by atoms with Crippen LogP contribution < -0.4 is 9.47 Å². The Labute approximate surface area is 263 Å². The Kier molecular flexibility index (Phi) is 5.99. The summed E-state index contributed by atoms with van der Waals surface area (Å²) < 4.78 is 12.2. The van der Waals surface area contributed by atoms with Gasteiger partial charge >= 0.3 is 0 Å². The number of hydrogen-bond donors (Lipinski definition) is 0. The molecule has 8 aromatic rings. The molecule has 0 amide bonds. The van der Waals surface area contributed by atoms with Gasteiger partial charge in [-0.1, -0.05) is 115 Å². The Balaban J connectivity index is 1.20. The van der Waals surface area contributed by atoms with Crippen LogP contribution in [0, 0.1) is 0 Å². The molecule has 7 heteroatoms. The third-order valence-electron chi connectivity index (χ3n) is 8.01. The second-order valence-corrected chi connectivity index (χ2v) is 10.9. The number of benzene rings is 6. The minimum Gasteiger partial charge on any atom is -0.431 e. The molecule has 1 aliphatic heterocycles. The summed E-state index contributed by atoms with van der Waals surface area (Å²) in [7, 11) is 0. The average Bonchev–Trinajstić information content (AvgIpc) is 3.13. The molecule has 0 N–H and O–H groups in total. The zero-order valence-corrected chi connectivity index (χ0v) is 24.3. The fourth-order valence-electron chi connectivity index (χ4n) is 5.82. The Bertz CT molecular complexity index is 2370. The number of para-hydroxylation sites is 2. The maximum absolute atomic E-state index is 6.09. The van der Waals surface area contributed by atoms with Crippen molar-refractivity contribution in [2.45, 2.75) is 0 Å². The van der Waals surface area contributed by atoms with E-state index in [1.54, 1.807) is 0 Å². The molecule has 0 saturated carbocycles. The second-order valence-electron chi connectivity index (χ2n) is 10.9. The summed E-state index contributed by atoms with van der Waals surface area (Å²) in [5, 5.41) is 2.01. The summed E-state index contributed by atoms with van der Waals surface area (Å²) >= 11 is 0. The molecular formula is C39H23N5O2. The highest BCUT2D eigenvalue weighted by molar-refractivity contribution is 6.11. The fraction of sp³-hybridized carbons (Fsp3) is 0. The van der Waals surface area contributed by atoms with Crippen molar-refractivity contribution >= 4 is 21.8 Å². The molecule has 0 spiro atoms. The van der Waals surface area contributed by atoms with E-state index in [1.807, 2.05) is 109 Å². The summed E-state index contributed by atoms with van der Waals surface area (Å²) in [6.07, 6.45) is 0. The first kappa shape index (κ1) is 26.0. The van der Waals surface area contributed by atoms with Crippen LogP contribution in [0.5, 0.6) is 23.3 Å². The Hall–Kier alpha value is -6.47. The van der Waals surface area contributed by atoms with Crippen molar-refractivity contribution in [3.05, 3.63) is 140 Å². The molecule has 0 aliphatic carbocycles. The summed E-state index contributed by atoms with van der Waals surface area (Å²) in [6, 6.07) is 46.0. The normalized spacial score (nSPS) is 11.8. The first-order valence-electron chi connectivity index (χ1n) is 14.9. The largest absolute Gasteiger partial charge is 0.431 e. The van der Waals surface area contributed by atoms with Crippen LogP contribution in [0.1, 0.15) is 0 Å². The number of hydrogen-bond acceptors (Lipinski definition) is 7. The molecule has 0 unspecified atom stereocenters. The van der Waals surface area contributed by atoms with Gasteiger partial charge in [0.1, 0.15) is 5.52 Å². The summed E-state index contributed by atoms with van der Waals surface area (Å²) in [5.41, 5.74) is 6.20. The second kappa shape index (κ2) is 10.6. The predicted octanol–water partition coefficient (Wildman–Crippen LogP) is 9.53. The van der Waals surface area contributed by atoms with E-state index in [-0.39, 0.29) is 0 Å². The molecule has 0 atom stereocenters. The molecule has 7 nitrogen and oxygen atoms in total. The quantitative estimate of drug-likeness (QED) is 0.188. The highest BCUT2D eigenvalue weighted by Crippen LogP contribution is 2.45. The van der Waals surface area contributed by atoms with Crippen molar-refractivity contribution in [2.75, 3.05) is 0 Å². The van der Waals surface area contributed by atoms with Crippen LogP contribution in [0.4, 0.5) is 0 Å². The van der Waals surface area contributed by atoms with Crippen LogP contribution in [0.25, 0.3) is 67.1 Å². The SMILES string of the molecule is c1ccc(-c2nc(-c3ccccc3)nc(-c3cccc(-c4cc5nc6c(nc5c5ccccc45)Oc4ccccc4O6)c3)n2)cc1. The van der Waals surface area contributed by atoms with Gasteiger partial charge in [0.2, 0.25) is 0 Å². The van der Waals surface area contributed by atoms with Crippen LogP contribution in [0.3, 0.4) is 0 Å². The zero-order valence-electron chi connectivity index (χ0n) is 24.3. The van der Waals surface area contributed by atoms with Crippen molar-refractivity contribution < 1.29 is 9.47 Å². The lowest BCUT2D eigenvalue weighted by atomic mass is 9.95. The summed E-state index contributed by atoms with van der Waals surface area (Å²) in [5.74, 6) is 3.75. The highest BCUT2D eigenvalue weighted by atomic mass is 16.6. The number of aromatic nitrogens is 5. The van der Waals surface area contributed by atoms with E-state index in [0.717, 1.165) is 44.1 Å². The van der Waals surface area contributed by atoms with Crippen molar-refractivity contribution in [2.24, 2.45) is 0 Å². The average molecular weight is 594 g/mol. The molecule has 1 aliphatic rings. The molecule has 0 bridgehead atoms. The van der Waals surface area contributed by atoms with Crippen LogP contribution in [-0.4, -0.2) is 24.9 Å². The van der Waals surface area contributed by atoms with Gasteiger partial charge in [-0.15, -0.1) is 0 Å².